The topological polar surface area (TPSA) is 58.6 Å². The van der Waals surface area contributed by atoms with Crippen molar-refractivity contribution in [2.75, 3.05) is 5.75 Å². The van der Waals surface area contributed by atoms with Gasteiger partial charge in [-0.25, -0.2) is 0 Å². The molecule has 0 unspecified atom stereocenters. The highest BCUT2D eigenvalue weighted by Crippen LogP contribution is 2.43. The van der Waals surface area contributed by atoms with E-state index < -0.39 is 0 Å². The van der Waals surface area contributed by atoms with E-state index in [0.29, 0.717) is 22.9 Å². The summed E-state index contributed by atoms with van der Waals surface area (Å²) in [6.07, 6.45) is 2.49. The second kappa shape index (κ2) is 10.8. The Morgan fingerprint density at radius 2 is 1.76 bits per heavy atom. The average Bonchev–Trinajstić information content (AvgIpc) is 3.29. The molecule has 1 N–H and O–H groups in total. The molecule has 0 radical (unpaired) electrons. The Kier molecular flexibility index (Phi) is 7.50. The summed E-state index contributed by atoms with van der Waals surface area (Å²) in [7, 11) is 0. The maximum Gasteiger partial charge on any atom is 0.251 e. The van der Waals surface area contributed by atoms with Gasteiger partial charge in [-0.15, -0.1) is 11.8 Å². The van der Waals surface area contributed by atoms with E-state index in [9.17, 15) is 9.59 Å². The number of ether oxygens (including phenoxy) is 1. The van der Waals surface area contributed by atoms with E-state index in [-0.39, 0.29) is 28.8 Å². The van der Waals surface area contributed by atoms with E-state index in [2.05, 4.69) is 19.2 Å². The minimum absolute atomic E-state index is 0.0858. The van der Waals surface area contributed by atoms with Gasteiger partial charge in [-0.05, 0) is 54.3 Å². The van der Waals surface area contributed by atoms with Crippen LogP contribution in [0.25, 0.3) is 0 Å². The number of nitrogens with zero attached hydrogens (tertiary/aromatic N) is 1. The van der Waals surface area contributed by atoms with Crippen LogP contribution in [-0.2, 0) is 11.3 Å². The van der Waals surface area contributed by atoms with E-state index >= 15 is 0 Å². The van der Waals surface area contributed by atoms with E-state index in [1.54, 1.807) is 11.8 Å². The van der Waals surface area contributed by atoms with E-state index in [1.807, 2.05) is 77.7 Å². The van der Waals surface area contributed by atoms with E-state index in [4.69, 9.17) is 16.3 Å². The molecule has 7 heteroatoms. The van der Waals surface area contributed by atoms with Gasteiger partial charge in [-0.2, -0.15) is 0 Å². The fraction of sp³-hybridized carbons (Fsp3) is 0.333. The molecule has 2 aliphatic rings. The summed E-state index contributed by atoms with van der Waals surface area (Å²) in [5.74, 6) is 1.30. The molecule has 0 spiro atoms. The second-order valence-corrected chi connectivity index (χ2v) is 11.2. The van der Waals surface area contributed by atoms with Crippen molar-refractivity contribution < 1.29 is 14.3 Å². The van der Waals surface area contributed by atoms with Crippen LogP contribution >= 0.6 is 23.4 Å². The monoisotopic (exact) mass is 534 g/mol. The van der Waals surface area contributed by atoms with Crippen molar-refractivity contribution in [3.8, 4) is 5.75 Å². The number of hydrogen-bond acceptors (Lipinski definition) is 4. The van der Waals surface area contributed by atoms with Gasteiger partial charge in [0.2, 0.25) is 5.91 Å². The molecule has 37 heavy (non-hydrogen) atoms. The van der Waals surface area contributed by atoms with Gasteiger partial charge in [0.15, 0.2) is 0 Å². The van der Waals surface area contributed by atoms with Crippen molar-refractivity contribution in [1.82, 2.24) is 10.2 Å². The van der Waals surface area contributed by atoms with Crippen molar-refractivity contribution in [2.24, 2.45) is 0 Å². The second-order valence-electron chi connectivity index (χ2n) is 9.69. The highest BCUT2D eigenvalue weighted by Gasteiger charge is 2.39. The smallest absolute Gasteiger partial charge is 0.251 e. The van der Waals surface area contributed by atoms with Gasteiger partial charge in [-0.3, -0.25) is 9.59 Å². The van der Waals surface area contributed by atoms with Gasteiger partial charge in [-0.1, -0.05) is 67.9 Å². The number of carbonyl (C=O) groups is 2. The number of halogens is 1. The molecule has 0 bridgehead atoms. The van der Waals surface area contributed by atoms with Crippen LogP contribution < -0.4 is 10.1 Å². The number of fused-ring (bicyclic) bond motifs is 1. The number of nitrogens with one attached hydrogen (secondary N) is 1. The minimum atomic E-state index is -0.282. The molecule has 1 fully saturated rings. The van der Waals surface area contributed by atoms with Crippen LogP contribution in [0, 0.1) is 0 Å². The Morgan fingerprint density at radius 3 is 2.46 bits per heavy atom. The van der Waals surface area contributed by atoms with E-state index in [0.717, 1.165) is 41.7 Å². The van der Waals surface area contributed by atoms with Crippen molar-refractivity contribution in [3.63, 3.8) is 0 Å². The predicted octanol–water partition coefficient (Wildman–Crippen LogP) is 6.93. The summed E-state index contributed by atoms with van der Waals surface area (Å²) in [4.78, 5) is 27.8. The third-order valence-electron chi connectivity index (χ3n) is 7.48. The fourth-order valence-corrected chi connectivity index (χ4v) is 6.47. The van der Waals surface area contributed by atoms with Crippen molar-refractivity contribution in [1.29, 1.82) is 0 Å². The first kappa shape index (κ1) is 25.7. The van der Waals surface area contributed by atoms with E-state index in [1.165, 1.54) is 0 Å². The van der Waals surface area contributed by atoms with Crippen LogP contribution in [0.1, 0.15) is 71.6 Å². The first-order valence-corrected chi connectivity index (χ1v) is 14.2. The van der Waals surface area contributed by atoms with Crippen LogP contribution in [0.5, 0.6) is 5.75 Å². The lowest BCUT2D eigenvalue weighted by Gasteiger charge is -2.41. The summed E-state index contributed by atoms with van der Waals surface area (Å²) >= 11 is 7.62. The molecule has 0 aliphatic carbocycles. The summed E-state index contributed by atoms with van der Waals surface area (Å²) < 4.78 is 6.38. The Hall–Kier alpha value is -2.96. The molecule has 0 aromatic heterocycles. The Balaban J connectivity index is 1.31. The molecule has 3 aromatic carbocycles. The number of para-hydroxylation sites is 1. The molecule has 1 saturated heterocycles. The highest BCUT2D eigenvalue weighted by molar-refractivity contribution is 8.00. The summed E-state index contributed by atoms with van der Waals surface area (Å²) in [6, 6.07) is 23.1. The Bertz CT molecular complexity index is 1270. The molecule has 192 valence electrons. The lowest BCUT2D eigenvalue weighted by molar-refractivity contribution is -0.128. The molecular formula is C30H31ClN2O3S. The quantitative estimate of drug-likeness (QED) is 0.357. The zero-order valence-corrected chi connectivity index (χ0v) is 22.6. The van der Waals surface area contributed by atoms with Crippen LogP contribution in [0.4, 0.5) is 0 Å². The van der Waals surface area contributed by atoms with Crippen molar-refractivity contribution in [2.45, 2.75) is 56.7 Å². The standard InChI is InChI=1S/C30H31ClN2O3S/c1-3-30(4-2)17-25(24-7-5-6-8-26(24)36-30)32-28(35)21-11-13-22(14-12-21)29-33(27(34)19-37-29)18-20-9-15-23(31)16-10-20/h5-16,25,29H,3-4,17-19H2,1-2H3,(H,32,35)/t25-,29+/m1/s1. The van der Waals surface area contributed by atoms with Crippen LogP contribution in [0.2, 0.25) is 5.02 Å². The summed E-state index contributed by atoms with van der Waals surface area (Å²) in [6.45, 7) is 4.80. The zero-order valence-electron chi connectivity index (χ0n) is 21.1. The number of hydrogen-bond donors (Lipinski definition) is 1. The molecule has 3 aromatic rings. The lowest BCUT2D eigenvalue weighted by Crippen LogP contribution is -2.44. The van der Waals surface area contributed by atoms with Gasteiger partial charge in [0, 0.05) is 29.1 Å². The van der Waals surface area contributed by atoms with Gasteiger partial charge in [0.25, 0.3) is 5.91 Å². The summed E-state index contributed by atoms with van der Waals surface area (Å²) in [5, 5.41) is 3.85. The zero-order chi connectivity index (χ0) is 26.0. The van der Waals surface area contributed by atoms with Gasteiger partial charge < -0.3 is 15.0 Å². The third-order valence-corrected chi connectivity index (χ3v) is 8.99. The van der Waals surface area contributed by atoms with Crippen LogP contribution in [0.15, 0.2) is 72.8 Å². The van der Waals surface area contributed by atoms with Crippen LogP contribution in [-0.4, -0.2) is 28.1 Å². The molecule has 0 saturated carbocycles. The number of rotatable bonds is 7. The average molecular weight is 535 g/mol. The minimum Gasteiger partial charge on any atom is -0.487 e. The van der Waals surface area contributed by atoms with Crippen molar-refractivity contribution in [3.05, 3.63) is 100 Å². The largest absolute Gasteiger partial charge is 0.487 e. The molecule has 2 atom stereocenters. The molecule has 2 heterocycles. The number of thioether (sulfide) groups is 1. The SMILES string of the molecule is CCC1(CC)C[C@@H](NC(=O)c2ccc([C@@H]3SCC(=O)N3Cc3ccc(Cl)cc3)cc2)c2ccccc2O1. The maximum atomic E-state index is 13.3. The molecular weight excluding hydrogens is 504 g/mol. The number of benzene rings is 3. The molecule has 2 aliphatic heterocycles. The fourth-order valence-electron chi connectivity index (χ4n) is 5.16. The maximum absolute atomic E-state index is 13.3. The lowest BCUT2D eigenvalue weighted by atomic mass is 9.83. The Labute approximate surface area is 227 Å². The summed E-state index contributed by atoms with van der Waals surface area (Å²) in [5.41, 5.74) is 3.38. The normalized spacial score (nSPS) is 20.3. The first-order chi connectivity index (χ1) is 17.9. The number of carbonyl (C=O) groups excluding carboxylic acids is 2. The number of amides is 2. The third kappa shape index (κ3) is 5.36. The molecule has 2 amide bonds. The van der Waals surface area contributed by atoms with Crippen LogP contribution in [0.3, 0.4) is 0 Å². The molecule has 5 nitrogen and oxygen atoms in total. The van der Waals surface area contributed by atoms with Gasteiger partial charge in [0.05, 0.1) is 11.8 Å². The highest BCUT2D eigenvalue weighted by atomic mass is 35.5. The van der Waals surface area contributed by atoms with Crippen molar-refractivity contribution >= 4 is 35.2 Å². The molecule has 5 rings (SSSR count). The van der Waals surface area contributed by atoms with Gasteiger partial charge >= 0.3 is 0 Å². The Morgan fingerprint density at radius 1 is 1.05 bits per heavy atom. The van der Waals surface area contributed by atoms with Gasteiger partial charge in [0.1, 0.15) is 16.7 Å². The predicted molar refractivity (Wildman–Crippen MR) is 149 cm³/mol. The first-order valence-electron chi connectivity index (χ1n) is 12.8.